The van der Waals surface area contributed by atoms with Gasteiger partial charge in [-0.1, -0.05) is 23.7 Å². The molecule has 22 heavy (non-hydrogen) atoms. The second kappa shape index (κ2) is 4.98. The minimum absolute atomic E-state index is 0.264. The van der Waals surface area contributed by atoms with Gasteiger partial charge in [-0.25, -0.2) is 4.98 Å². The number of rotatable bonds is 1. The van der Waals surface area contributed by atoms with Crippen molar-refractivity contribution < 1.29 is 0 Å². The fourth-order valence-corrected chi connectivity index (χ4v) is 3.80. The van der Waals surface area contributed by atoms with Crippen molar-refractivity contribution in [1.82, 2.24) is 10.3 Å². The summed E-state index contributed by atoms with van der Waals surface area (Å²) in [5.74, 6) is 0.326. The molecule has 0 radical (unpaired) electrons. The maximum absolute atomic E-state index is 9.57. The van der Waals surface area contributed by atoms with Crippen LogP contribution in [0.2, 0.25) is 5.02 Å². The first-order valence-electron chi connectivity index (χ1n) is 7.41. The largest absolute Gasteiger partial charge is 0.383 e. The van der Waals surface area contributed by atoms with E-state index in [4.69, 9.17) is 17.3 Å². The third-order valence-electron chi connectivity index (χ3n) is 4.62. The van der Waals surface area contributed by atoms with Gasteiger partial charge in [0.05, 0.1) is 0 Å². The van der Waals surface area contributed by atoms with Gasteiger partial charge in [-0.05, 0) is 36.1 Å². The molecule has 1 saturated heterocycles. The summed E-state index contributed by atoms with van der Waals surface area (Å²) >= 11 is 6.00. The van der Waals surface area contributed by atoms with Crippen molar-refractivity contribution in [3.05, 3.63) is 46.1 Å². The molecule has 3 N–H and O–H groups in total. The molecule has 2 aliphatic rings. The number of nitrogen functional groups attached to an aromatic ring is 1. The lowest BCUT2D eigenvalue weighted by Gasteiger charge is -2.27. The molecule has 2 aliphatic heterocycles. The van der Waals surface area contributed by atoms with Crippen molar-refractivity contribution in [1.29, 1.82) is 5.26 Å². The van der Waals surface area contributed by atoms with Crippen LogP contribution in [0.15, 0.2) is 24.3 Å². The van der Waals surface area contributed by atoms with E-state index in [-0.39, 0.29) is 6.04 Å². The Morgan fingerprint density at radius 1 is 1.27 bits per heavy atom. The van der Waals surface area contributed by atoms with Crippen molar-refractivity contribution >= 4 is 17.4 Å². The first-order chi connectivity index (χ1) is 10.7. The van der Waals surface area contributed by atoms with Crippen LogP contribution in [-0.4, -0.2) is 11.0 Å². The van der Waals surface area contributed by atoms with E-state index in [1.54, 1.807) is 0 Å². The second-order valence-electron chi connectivity index (χ2n) is 5.92. The number of halogens is 1. The quantitative estimate of drug-likeness (QED) is 0.848. The molecule has 0 unspecified atom stereocenters. The summed E-state index contributed by atoms with van der Waals surface area (Å²) in [6.45, 7) is 0. The Morgan fingerprint density at radius 3 is 2.77 bits per heavy atom. The molecular formula is C17H15ClN4. The van der Waals surface area contributed by atoms with Crippen LogP contribution in [0.25, 0.3) is 11.1 Å². The molecule has 1 aromatic heterocycles. The predicted octanol–water partition coefficient (Wildman–Crippen LogP) is 3.21. The van der Waals surface area contributed by atoms with Gasteiger partial charge < -0.3 is 11.1 Å². The minimum Gasteiger partial charge on any atom is -0.383 e. The zero-order valence-electron chi connectivity index (χ0n) is 11.9. The van der Waals surface area contributed by atoms with Crippen molar-refractivity contribution in [2.24, 2.45) is 0 Å². The van der Waals surface area contributed by atoms with Gasteiger partial charge in [0.1, 0.15) is 17.5 Å². The molecule has 3 heterocycles. The van der Waals surface area contributed by atoms with E-state index in [0.717, 1.165) is 41.6 Å². The van der Waals surface area contributed by atoms with Gasteiger partial charge in [0.15, 0.2) is 0 Å². The number of pyridine rings is 1. The Bertz CT molecular complexity index is 792. The Balaban J connectivity index is 2.01. The maximum Gasteiger partial charge on any atom is 0.142 e. The molecule has 0 aliphatic carbocycles. The number of nitriles is 1. The molecule has 4 nitrogen and oxygen atoms in total. The molecule has 0 amide bonds. The first-order valence-corrected chi connectivity index (χ1v) is 7.79. The predicted molar refractivity (Wildman–Crippen MR) is 86.4 cm³/mol. The van der Waals surface area contributed by atoms with Gasteiger partial charge in [-0.15, -0.1) is 0 Å². The van der Waals surface area contributed by atoms with Crippen LogP contribution >= 0.6 is 11.6 Å². The Morgan fingerprint density at radius 2 is 2.05 bits per heavy atom. The smallest absolute Gasteiger partial charge is 0.142 e. The lowest BCUT2D eigenvalue weighted by Crippen LogP contribution is -2.33. The van der Waals surface area contributed by atoms with E-state index in [9.17, 15) is 5.26 Å². The van der Waals surface area contributed by atoms with E-state index in [0.29, 0.717) is 22.4 Å². The van der Waals surface area contributed by atoms with Gasteiger partial charge in [-0.2, -0.15) is 5.26 Å². The number of nitrogens with zero attached hydrogens (tertiary/aromatic N) is 2. The lowest BCUT2D eigenvalue weighted by molar-refractivity contribution is 0.508. The molecule has 2 aromatic rings. The summed E-state index contributed by atoms with van der Waals surface area (Å²) in [5, 5.41) is 13.9. The molecule has 2 bridgehead atoms. The average molecular weight is 311 g/mol. The third kappa shape index (κ3) is 1.98. The van der Waals surface area contributed by atoms with E-state index < -0.39 is 0 Å². The van der Waals surface area contributed by atoms with E-state index in [1.165, 1.54) is 0 Å². The highest BCUT2D eigenvalue weighted by Gasteiger charge is 2.36. The molecule has 1 aromatic carbocycles. The van der Waals surface area contributed by atoms with Crippen molar-refractivity contribution in [3.8, 4) is 17.2 Å². The number of nitrogens with two attached hydrogens (primary N) is 1. The maximum atomic E-state index is 9.57. The van der Waals surface area contributed by atoms with Crippen LogP contribution in [0.1, 0.15) is 35.7 Å². The van der Waals surface area contributed by atoms with Gasteiger partial charge in [0.25, 0.3) is 0 Å². The number of hydrogen-bond donors (Lipinski definition) is 2. The molecule has 0 saturated carbocycles. The zero-order valence-corrected chi connectivity index (χ0v) is 12.7. The molecule has 110 valence electrons. The Hall–Kier alpha value is -2.09. The van der Waals surface area contributed by atoms with E-state index in [2.05, 4.69) is 16.4 Å². The molecule has 4 rings (SSSR count). The van der Waals surface area contributed by atoms with Crippen LogP contribution in [0.5, 0.6) is 0 Å². The first kappa shape index (κ1) is 13.6. The number of hydrogen-bond acceptors (Lipinski definition) is 4. The fraction of sp³-hybridized carbons (Fsp3) is 0.294. The number of nitrogens with one attached hydrogen (secondary N) is 1. The summed E-state index contributed by atoms with van der Waals surface area (Å²) in [6.07, 6.45) is 3.10. The highest BCUT2D eigenvalue weighted by Crippen LogP contribution is 2.43. The minimum atomic E-state index is 0.264. The van der Waals surface area contributed by atoms with Gasteiger partial charge >= 0.3 is 0 Å². The number of aromatic nitrogens is 1. The second-order valence-corrected chi connectivity index (χ2v) is 6.36. The summed E-state index contributed by atoms with van der Waals surface area (Å²) in [7, 11) is 0. The monoisotopic (exact) mass is 310 g/mol. The van der Waals surface area contributed by atoms with Crippen LogP contribution < -0.4 is 11.1 Å². The molecular weight excluding hydrogens is 296 g/mol. The van der Waals surface area contributed by atoms with Crippen LogP contribution in [0, 0.1) is 11.3 Å². The Labute approximate surface area is 133 Å². The summed E-state index contributed by atoms with van der Waals surface area (Å²) in [6, 6.07) is 10.6. The van der Waals surface area contributed by atoms with Gasteiger partial charge in [-0.3, -0.25) is 0 Å². The number of anilines is 1. The Kier molecular flexibility index (Phi) is 3.07. The van der Waals surface area contributed by atoms with Crippen molar-refractivity contribution in [2.45, 2.75) is 31.3 Å². The summed E-state index contributed by atoms with van der Waals surface area (Å²) in [4.78, 5) is 4.52. The lowest BCUT2D eigenvalue weighted by atomic mass is 9.88. The number of fused-ring (bicyclic) bond motifs is 4. The van der Waals surface area contributed by atoms with E-state index in [1.807, 2.05) is 24.3 Å². The highest BCUT2D eigenvalue weighted by molar-refractivity contribution is 6.30. The van der Waals surface area contributed by atoms with Crippen LogP contribution in [0.4, 0.5) is 5.82 Å². The molecule has 2 atom stereocenters. The van der Waals surface area contributed by atoms with Gasteiger partial charge in [0.2, 0.25) is 0 Å². The third-order valence-corrected chi connectivity index (χ3v) is 4.87. The highest BCUT2D eigenvalue weighted by atomic mass is 35.5. The van der Waals surface area contributed by atoms with Crippen LogP contribution in [0.3, 0.4) is 0 Å². The topological polar surface area (TPSA) is 74.7 Å². The molecule has 1 fully saturated rings. The molecule has 0 spiro atoms. The van der Waals surface area contributed by atoms with Crippen molar-refractivity contribution in [2.75, 3.05) is 5.73 Å². The standard InChI is InChI=1S/C17H15ClN4/c18-10-3-1-9(2-4-10)15-12(8-19)17(20)22-14-7-11-5-6-13(21-11)16(14)15/h1-4,11,13,21H,5-7H2,(H2,20,22)/t11-,13+/m0/s1. The zero-order chi connectivity index (χ0) is 15.3. The number of benzene rings is 1. The fourth-order valence-electron chi connectivity index (χ4n) is 3.67. The van der Waals surface area contributed by atoms with Gasteiger partial charge in [0, 0.05) is 34.8 Å². The summed E-state index contributed by atoms with van der Waals surface area (Å²) < 4.78 is 0. The normalized spacial score (nSPS) is 22.2. The SMILES string of the molecule is N#Cc1c(N)nc2c(c1-c1ccc(Cl)cc1)[C@H]1CC[C@@H](C2)N1. The van der Waals surface area contributed by atoms with Crippen molar-refractivity contribution in [3.63, 3.8) is 0 Å². The van der Waals surface area contributed by atoms with Crippen LogP contribution in [-0.2, 0) is 6.42 Å². The average Bonchev–Trinajstić information content (AvgIpc) is 2.89. The summed E-state index contributed by atoms with van der Waals surface area (Å²) in [5.41, 5.74) is 10.6. The molecule has 5 heteroatoms. The van der Waals surface area contributed by atoms with E-state index >= 15 is 0 Å².